The van der Waals surface area contributed by atoms with Gasteiger partial charge < -0.3 is 10.8 Å². The van der Waals surface area contributed by atoms with E-state index >= 15 is 0 Å². The van der Waals surface area contributed by atoms with E-state index in [1.54, 1.807) is 4.90 Å². The van der Waals surface area contributed by atoms with Gasteiger partial charge in [0.2, 0.25) is 0 Å². The second-order valence-corrected chi connectivity index (χ2v) is 3.84. The van der Waals surface area contributed by atoms with Crippen molar-refractivity contribution >= 4 is 0 Å². The average molecular weight is 208 g/mol. The third-order valence-electron chi connectivity index (χ3n) is 2.72. The zero-order valence-electron chi connectivity index (χ0n) is 8.20. The number of aliphatic hydroxyl groups excluding tert-OH is 1. The van der Waals surface area contributed by atoms with Crippen LogP contribution >= 0.6 is 0 Å². The van der Waals surface area contributed by atoms with Gasteiger partial charge in [-0.3, -0.25) is 4.90 Å². The fourth-order valence-corrected chi connectivity index (χ4v) is 2.05. The van der Waals surface area contributed by atoms with E-state index in [4.69, 9.17) is 10.8 Å². The highest BCUT2D eigenvalue weighted by Gasteiger charge is 2.28. The molecule has 0 saturated heterocycles. The summed E-state index contributed by atoms with van der Waals surface area (Å²) < 4.78 is 24.4. The van der Waals surface area contributed by atoms with Crippen LogP contribution in [0.5, 0.6) is 0 Å². The molecule has 1 rings (SSSR count). The fraction of sp³-hybridized carbons (Fsp3) is 1.00. The van der Waals surface area contributed by atoms with Gasteiger partial charge in [-0.15, -0.1) is 0 Å². The minimum atomic E-state index is -2.33. The van der Waals surface area contributed by atoms with Crippen LogP contribution in [0.25, 0.3) is 0 Å². The molecule has 0 aromatic heterocycles. The summed E-state index contributed by atoms with van der Waals surface area (Å²) in [5, 5.41) is 8.76. The van der Waals surface area contributed by atoms with Crippen LogP contribution in [-0.4, -0.2) is 48.2 Å². The van der Waals surface area contributed by atoms with Gasteiger partial charge in [0, 0.05) is 18.6 Å². The fourth-order valence-electron chi connectivity index (χ4n) is 2.05. The summed E-state index contributed by atoms with van der Waals surface area (Å²) in [5.41, 5.74) is 5.71. The molecule has 2 atom stereocenters. The van der Waals surface area contributed by atoms with Crippen LogP contribution in [0, 0.1) is 0 Å². The highest BCUT2D eigenvalue weighted by Crippen LogP contribution is 2.23. The van der Waals surface area contributed by atoms with Gasteiger partial charge in [0.15, 0.2) is 0 Å². The number of hydrogen-bond acceptors (Lipinski definition) is 3. The van der Waals surface area contributed by atoms with E-state index < -0.39 is 6.43 Å². The highest BCUT2D eigenvalue weighted by atomic mass is 19.3. The summed E-state index contributed by atoms with van der Waals surface area (Å²) in [6.07, 6.45) is 0.203. The summed E-state index contributed by atoms with van der Waals surface area (Å²) in [4.78, 5) is 1.65. The predicted molar refractivity (Wildman–Crippen MR) is 50.3 cm³/mol. The Kier molecular flexibility index (Phi) is 4.71. The number of alkyl halides is 2. The average Bonchev–Trinajstić information content (AvgIpc) is 2.50. The van der Waals surface area contributed by atoms with Crippen LogP contribution in [0.15, 0.2) is 0 Å². The normalized spacial score (nSPS) is 27.9. The molecule has 0 radical (unpaired) electrons. The number of halogens is 2. The molecule has 0 aromatic rings. The first kappa shape index (κ1) is 11.8. The smallest absolute Gasteiger partial charge is 0.251 e. The van der Waals surface area contributed by atoms with Gasteiger partial charge in [-0.05, 0) is 19.3 Å². The van der Waals surface area contributed by atoms with Crippen molar-refractivity contribution in [2.45, 2.75) is 37.8 Å². The Labute approximate surface area is 82.9 Å². The van der Waals surface area contributed by atoms with Crippen molar-refractivity contribution in [1.82, 2.24) is 4.90 Å². The number of nitrogens with zero attached hydrogens (tertiary/aromatic N) is 1. The van der Waals surface area contributed by atoms with Gasteiger partial charge >= 0.3 is 0 Å². The molecule has 0 bridgehead atoms. The van der Waals surface area contributed by atoms with Gasteiger partial charge in [-0.25, -0.2) is 8.78 Å². The van der Waals surface area contributed by atoms with Gasteiger partial charge in [-0.1, -0.05) is 0 Å². The van der Waals surface area contributed by atoms with Crippen molar-refractivity contribution < 1.29 is 13.9 Å². The SMILES string of the molecule is NC1CCC(N(CCO)CC(F)F)C1. The zero-order valence-corrected chi connectivity index (χ0v) is 8.20. The molecule has 2 unspecified atom stereocenters. The first-order valence-corrected chi connectivity index (χ1v) is 5.02. The lowest BCUT2D eigenvalue weighted by molar-refractivity contribution is 0.0557. The van der Waals surface area contributed by atoms with Crippen molar-refractivity contribution in [1.29, 1.82) is 0 Å². The van der Waals surface area contributed by atoms with Crippen LogP contribution in [0.4, 0.5) is 8.78 Å². The van der Waals surface area contributed by atoms with Crippen LogP contribution in [0.3, 0.4) is 0 Å². The molecular weight excluding hydrogens is 190 g/mol. The summed E-state index contributed by atoms with van der Waals surface area (Å²) >= 11 is 0. The molecule has 0 aromatic carbocycles. The van der Waals surface area contributed by atoms with Crippen LogP contribution in [0.2, 0.25) is 0 Å². The van der Waals surface area contributed by atoms with Crippen LogP contribution < -0.4 is 5.73 Å². The maximum absolute atomic E-state index is 12.2. The Bertz CT molecular complexity index is 169. The minimum absolute atomic E-state index is 0.0710. The molecule has 14 heavy (non-hydrogen) atoms. The summed E-state index contributed by atoms with van der Waals surface area (Å²) in [6, 6.07) is 0.269. The van der Waals surface area contributed by atoms with Crippen molar-refractivity contribution in [3.05, 3.63) is 0 Å². The first-order valence-electron chi connectivity index (χ1n) is 5.02. The van der Waals surface area contributed by atoms with Gasteiger partial charge in [-0.2, -0.15) is 0 Å². The lowest BCUT2D eigenvalue weighted by Gasteiger charge is -2.27. The molecule has 5 heteroatoms. The Morgan fingerprint density at radius 2 is 2.14 bits per heavy atom. The van der Waals surface area contributed by atoms with E-state index in [0.29, 0.717) is 6.54 Å². The molecule has 1 saturated carbocycles. The van der Waals surface area contributed by atoms with E-state index in [1.807, 2.05) is 0 Å². The third-order valence-corrected chi connectivity index (χ3v) is 2.72. The maximum atomic E-state index is 12.2. The molecule has 84 valence electrons. The summed E-state index contributed by atoms with van der Waals surface area (Å²) in [5.74, 6) is 0. The minimum Gasteiger partial charge on any atom is -0.395 e. The van der Waals surface area contributed by atoms with Crippen LogP contribution in [0.1, 0.15) is 19.3 Å². The van der Waals surface area contributed by atoms with E-state index in [0.717, 1.165) is 19.3 Å². The monoisotopic (exact) mass is 208 g/mol. The number of nitrogens with two attached hydrogens (primary N) is 1. The van der Waals surface area contributed by atoms with Gasteiger partial charge in [0.05, 0.1) is 13.2 Å². The quantitative estimate of drug-likeness (QED) is 0.688. The molecule has 0 spiro atoms. The van der Waals surface area contributed by atoms with E-state index in [1.165, 1.54) is 0 Å². The Morgan fingerprint density at radius 3 is 2.57 bits per heavy atom. The van der Waals surface area contributed by atoms with Crippen molar-refractivity contribution in [2.75, 3.05) is 19.7 Å². The summed E-state index contributed by atoms with van der Waals surface area (Å²) in [6.45, 7) is -0.00185. The molecule has 0 heterocycles. The lowest BCUT2D eigenvalue weighted by atomic mass is 10.2. The summed E-state index contributed by atoms with van der Waals surface area (Å²) in [7, 11) is 0. The van der Waals surface area contributed by atoms with Gasteiger partial charge in [0.25, 0.3) is 6.43 Å². The molecule has 1 aliphatic carbocycles. The second kappa shape index (κ2) is 5.58. The Hall–Kier alpha value is -0.260. The molecular formula is C9H18F2N2O. The third kappa shape index (κ3) is 3.48. The highest BCUT2D eigenvalue weighted by molar-refractivity contribution is 4.85. The number of hydrogen-bond donors (Lipinski definition) is 2. The van der Waals surface area contributed by atoms with Crippen molar-refractivity contribution in [3.63, 3.8) is 0 Å². The molecule has 3 N–H and O–H groups in total. The van der Waals surface area contributed by atoms with Gasteiger partial charge in [0.1, 0.15) is 0 Å². The molecule has 3 nitrogen and oxygen atoms in total. The van der Waals surface area contributed by atoms with E-state index in [2.05, 4.69) is 0 Å². The lowest BCUT2D eigenvalue weighted by Crippen LogP contribution is -2.39. The topological polar surface area (TPSA) is 49.5 Å². The standard InChI is InChI=1S/C9H18F2N2O/c10-9(11)6-13(3-4-14)8-2-1-7(12)5-8/h7-9,14H,1-6,12H2. The zero-order chi connectivity index (χ0) is 10.6. The molecule has 1 aliphatic rings. The van der Waals surface area contributed by atoms with E-state index in [9.17, 15) is 8.78 Å². The predicted octanol–water partition coefficient (Wildman–Crippen LogP) is 0.426. The van der Waals surface area contributed by atoms with Crippen LogP contribution in [-0.2, 0) is 0 Å². The number of aliphatic hydroxyl groups is 1. The first-order chi connectivity index (χ1) is 6.63. The second-order valence-electron chi connectivity index (χ2n) is 3.84. The van der Waals surface area contributed by atoms with Crippen molar-refractivity contribution in [3.8, 4) is 0 Å². The van der Waals surface area contributed by atoms with Crippen molar-refractivity contribution in [2.24, 2.45) is 5.73 Å². The largest absolute Gasteiger partial charge is 0.395 e. The Balaban J connectivity index is 2.41. The maximum Gasteiger partial charge on any atom is 0.251 e. The molecule has 1 fully saturated rings. The number of rotatable bonds is 5. The Morgan fingerprint density at radius 1 is 1.43 bits per heavy atom. The molecule has 0 amide bonds. The van der Waals surface area contributed by atoms with E-state index in [-0.39, 0.29) is 25.2 Å². The molecule has 0 aliphatic heterocycles.